The molecule has 2 aromatic carbocycles. The lowest BCUT2D eigenvalue weighted by Gasteiger charge is -2.14. The second kappa shape index (κ2) is 8.18. The van der Waals surface area contributed by atoms with E-state index in [0.717, 1.165) is 36.0 Å². The van der Waals surface area contributed by atoms with E-state index in [9.17, 15) is 4.79 Å². The number of aldehydes is 1. The third-order valence-electron chi connectivity index (χ3n) is 3.57. The molecule has 0 bridgehead atoms. The van der Waals surface area contributed by atoms with Gasteiger partial charge in [0.25, 0.3) is 0 Å². The standard InChI is InChI=1S/C20H22O2/c1-3-8-19-14-18(15-21)13-16(2)20(19)22-12-7-11-17-9-5-4-6-10-17/h3-6,9-10,13-15H,1,7-8,11-12H2,2H3. The summed E-state index contributed by atoms with van der Waals surface area (Å²) in [6.07, 6.45) is 5.38. The number of benzene rings is 2. The molecule has 0 unspecified atom stereocenters. The molecule has 2 rings (SSSR count). The molecule has 0 radical (unpaired) electrons. The van der Waals surface area contributed by atoms with E-state index in [1.165, 1.54) is 5.56 Å². The highest BCUT2D eigenvalue weighted by molar-refractivity contribution is 5.76. The maximum Gasteiger partial charge on any atom is 0.150 e. The number of allylic oxidation sites excluding steroid dienone is 1. The molecule has 0 spiro atoms. The number of carbonyl (C=O) groups excluding carboxylic acids is 1. The van der Waals surface area contributed by atoms with E-state index < -0.39 is 0 Å². The van der Waals surface area contributed by atoms with Crippen LogP contribution in [-0.2, 0) is 12.8 Å². The minimum absolute atomic E-state index is 0.667. The summed E-state index contributed by atoms with van der Waals surface area (Å²) in [5.41, 5.74) is 4.04. The van der Waals surface area contributed by atoms with Crippen LogP contribution in [0.15, 0.2) is 55.1 Å². The quantitative estimate of drug-likeness (QED) is 0.405. The molecule has 0 saturated carbocycles. The molecule has 2 nitrogen and oxygen atoms in total. The van der Waals surface area contributed by atoms with Gasteiger partial charge < -0.3 is 4.74 Å². The van der Waals surface area contributed by atoms with Crippen molar-refractivity contribution in [2.45, 2.75) is 26.2 Å². The van der Waals surface area contributed by atoms with Crippen LogP contribution in [0.25, 0.3) is 0 Å². The number of rotatable bonds is 8. The topological polar surface area (TPSA) is 26.3 Å². The molecule has 0 aromatic heterocycles. The average molecular weight is 294 g/mol. The van der Waals surface area contributed by atoms with E-state index in [1.807, 2.05) is 31.2 Å². The smallest absolute Gasteiger partial charge is 0.150 e. The molecule has 0 aliphatic rings. The fraction of sp³-hybridized carbons (Fsp3) is 0.250. The molecule has 22 heavy (non-hydrogen) atoms. The van der Waals surface area contributed by atoms with E-state index in [-0.39, 0.29) is 0 Å². The zero-order valence-corrected chi connectivity index (χ0v) is 13.0. The van der Waals surface area contributed by atoms with Crippen molar-refractivity contribution >= 4 is 6.29 Å². The first-order valence-electron chi connectivity index (χ1n) is 7.61. The first-order chi connectivity index (χ1) is 10.7. The largest absolute Gasteiger partial charge is 0.493 e. The second-order valence-electron chi connectivity index (χ2n) is 5.37. The Bertz CT molecular complexity index is 630. The molecule has 0 heterocycles. The van der Waals surface area contributed by atoms with Crippen LogP contribution < -0.4 is 4.74 Å². The second-order valence-corrected chi connectivity index (χ2v) is 5.37. The molecule has 2 heteroatoms. The molecule has 0 N–H and O–H groups in total. The number of hydrogen-bond acceptors (Lipinski definition) is 2. The molecule has 0 amide bonds. The molecule has 0 aliphatic carbocycles. The molecule has 0 saturated heterocycles. The SMILES string of the molecule is C=CCc1cc(C=O)cc(C)c1OCCCc1ccccc1. The summed E-state index contributed by atoms with van der Waals surface area (Å²) in [6, 6.07) is 14.2. The van der Waals surface area contributed by atoms with Crippen LogP contribution in [0.5, 0.6) is 5.75 Å². The Balaban J connectivity index is 1.99. The van der Waals surface area contributed by atoms with E-state index in [2.05, 4.69) is 30.8 Å². The van der Waals surface area contributed by atoms with Gasteiger partial charge in [0, 0.05) is 5.56 Å². The van der Waals surface area contributed by atoms with Crippen molar-refractivity contribution in [3.05, 3.63) is 77.4 Å². The van der Waals surface area contributed by atoms with Crippen LogP contribution in [0.4, 0.5) is 0 Å². The number of ether oxygens (including phenoxy) is 1. The summed E-state index contributed by atoms with van der Waals surface area (Å²) in [5.74, 6) is 0.888. The number of aryl methyl sites for hydroxylation is 2. The van der Waals surface area contributed by atoms with Crippen molar-refractivity contribution in [1.82, 2.24) is 0 Å². The van der Waals surface area contributed by atoms with Crippen LogP contribution in [0.1, 0.15) is 33.5 Å². The Morgan fingerprint density at radius 1 is 1.18 bits per heavy atom. The van der Waals surface area contributed by atoms with Crippen LogP contribution in [-0.4, -0.2) is 12.9 Å². The molecule has 114 valence electrons. The van der Waals surface area contributed by atoms with Crippen LogP contribution in [0, 0.1) is 6.92 Å². The minimum atomic E-state index is 0.667. The molecular weight excluding hydrogens is 272 g/mol. The molecule has 0 atom stereocenters. The van der Waals surface area contributed by atoms with Gasteiger partial charge in [0.1, 0.15) is 12.0 Å². The third kappa shape index (κ3) is 4.32. The lowest BCUT2D eigenvalue weighted by molar-refractivity contribution is 0.112. The Morgan fingerprint density at radius 2 is 1.95 bits per heavy atom. The first kappa shape index (κ1) is 16.0. The maximum absolute atomic E-state index is 11.0. The highest BCUT2D eigenvalue weighted by Crippen LogP contribution is 2.26. The average Bonchev–Trinajstić information content (AvgIpc) is 2.54. The van der Waals surface area contributed by atoms with Crippen LogP contribution >= 0.6 is 0 Å². The van der Waals surface area contributed by atoms with Crippen molar-refractivity contribution < 1.29 is 9.53 Å². The normalized spacial score (nSPS) is 10.2. The summed E-state index contributed by atoms with van der Waals surface area (Å²) >= 11 is 0. The van der Waals surface area contributed by atoms with Gasteiger partial charge in [0.05, 0.1) is 6.61 Å². The van der Waals surface area contributed by atoms with Gasteiger partial charge in [0.2, 0.25) is 0 Å². The number of hydrogen-bond donors (Lipinski definition) is 0. The Kier molecular flexibility index (Phi) is 5.96. The lowest BCUT2D eigenvalue weighted by atomic mass is 10.0. The fourth-order valence-corrected chi connectivity index (χ4v) is 2.55. The Labute approximate surface area is 132 Å². The van der Waals surface area contributed by atoms with Gasteiger partial charge in [-0.05, 0) is 55.0 Å². The van der Waals surface area contributed by atoms with Gasteiger partial charge >= 0.3 is 0 Å². The van der Waals surface area contributed by atoms with E-state index in [4.69, 9.17) is 4.74 Å². The molecule has 0 aliphatic heterocycles. The molecular formula is C20H22O2. The maximum atomic E-state index is 11.0. The zero-order valence-electron chi connectivity index (χ0n) is 13.0. The molecule has 0 fully saturated rings. The number of carbonyl (C=O) groups is 1. The predicted molar refractivity (Wildman–Crippen MR) is 90.7 cm³/mol. The summed E-state index contributed by atoms with van der Waals surface area (Å²) in [4.78, 5) is 11.0. The Hall–Kier alpha value is -2.35. The van der Waals surface area contributed by atoms with Gasteiger partial charge in [0.15, 0.2) is 0 Å². The summed E-state index contributed by atoms with van der Waals surface area (Å²) < 4.78 is 5.98. The van der Waals surface area contributed by atoms with E-state index in [1.54, 1.807) is 0 Å². The van der Waals surface area contributed by atoms with Crippen LogP contribution in [0.3, 0.4) is 0 Å². The third-order valence-corrected chi connectivity index (χ3v) is 3.57. The van der Waals surface area contributed by atoms with E-state index in [0.29, 0.717) is 18.6 Å². The summed E-state index contributed by atoms with van der Waals surface area (Å²) in [7, 11) is 0. The van der Waals surface area contributed by atoms with Crippen molar-refractivity contribution in [3.8, 4) is 5.75 Å². The summed E-state index contributed by atoms with van der Waals surface area (Å²) in [6.45, 7) is 6.42. The predicted octanol–water partition coefficient (Wildman–Crippen LogP) is 4.55. The van der Waals surface area contributed by atoms with Gasteiger partial charge in [-0.15, -0.1) is 6.58 Å². The zero-order chi connectivity index (χ0) is 15.8. The van der Waals surface area contributed by atoms with Gasteiger partial charge in [-0.2, -0.15) is 0 Å². The van der Waals surface area contributed by atoms with Gasteiger partial charge in [-0.1, -0.05) is 36.4 Å². The fourth-order valence-electron chi connectivity index (χ4n) is 2.55. The van der Waals surface area contributed by atoms with Crippen molar-refractivity contribution in [2.24, 2.45) is 0 Å². The highest BCUT2D eigenvalue weighted by Gasteiger charge is 2.08. The Morgan fingerprint density at radius 3 is 2.64 bits per heavy atom. The van der Waals surface area contributed by atoms with E-state index >= 15 is 0 Å². The van der Waals surface area contributed by atoms with Crippen molar-refractivity contribution in [1.29, 1.82) is 0 Å². The van der Waals surface area contributed by atoms with Crippen molar-refractivity contribution in [3.63, 3.8) is 0 Å². The van der Waals surface area contributed by atoms with Gasteiger partial charge in [-0.3, -0.25) is 4.79 Å². The lowest BCUT2D eigenvalue weighted by Crippen LogP contribution is -2.04. The summed E-state index contributed by atoms with van der Waals surface area (Å²) in [5, 5.41) is 0. The minimum Gasteiger partial charge on any atom is -0.493 e. The monoisotopic (exact) mass is 294 g/mol. The molecule has 2 aromatic rings. The van der Waals surface area contributed by atoms with Crippen molar-refractivity contribution in [2.75, 3.05) is 6.61 Å². The van der Waals surface area contributed by atoms with Crippen LogP contribution in [0.2, 0.25) is 0 Å². The first-order valence-corrected chi connectivity index (χ1v) is 7.61. The van der Waals surface area contributed by atoms with Gasteiger partial charge in [-0.25, -0.2) is 0 Å². The highest BCUT2D eigenvalue weighted by atomic mass is 16.5.